The molecule has 0 aliphatic carbocycles. The van der Waals surface area contributed by atoms with Crippen molar-refractivity contribution < 1.29 is 39.8 Å². The highest BCUT2D eigenvalue weighted by Gasteiger charge is 2.43. The Kier molecular flexibility index (Phi) is 8.96. The summed E-state index contributed by atoms with van der Waals surface area (Å²) in [6.07, 6.45) is -1.94. The van der Waals surface area contributed by atoms with Crippen molar-refractivity contribution in [1.82, 2.24) is 0 Å². The number of hydrogen-bond donors (Lipinski definition) is 0. The Morgan fingerprint density at radius 2 is 1.89 bits per heavy atom. The molecule has 2 aromatic carbocycles. The van der Waals surface area contributed by atoms with Crippen LogP contribution in [0.15, 0.2) is 30.3 Å². The minimum atomic E-state index is -5.19. The molecule has 7 nitrogen and oxygen atoms in total. The number of hydrogen-bond acceptors (Lipinski definition) is 6. The molecule has 0 aromatic heterocycles. The SMILES string of the molecule is Cc1c(CN(C(=O)C(F)(F)F)c2ccc(CCC=O)c(F)c2)ccc2c1N(CCOS(C)(=O)=O)CCC2. The van der Waals surface area contributed by atoms with Gasteiger partial charge in [0.05, 0.1) is 19.4 Å². The van der Waals surface area contributed by atoms with E-state index in [1.54, 1.807) is 19.1 Å². The Balaban J connectivity index is 1.96. The lowest BCUT2D eigenvalue weighted by molar-refractivity contribution is -0.170. The number of nitrogens with zero attached hydrogens (tertiary/aromatic N) is 2. The first-order valence-electron chi connectivity index (χ1n) is 11.6. The first-order valence-corrected chi connectivity index (χ1v) is 13.4. The minimum absolute atomic E-state index is 0.0571. The molecular weight excluding hydrogens is 516 g/mol. The number of fused-ring (bicyclic) bond motifs is 1. The number of rotatable bonds is 10. The van der Waals surface area contributed by atoms with E-state index in [0.29, 0.717) is 28.9 Å². The fraction of sp³-hybridized carbons (Fsp3) is 0.440. The number of aryl methyl sites for hydroxylation is 2. The van der Waals surface area contributed by atoms with Gasteiger partial charge < -0.3 is 14.6 Å². The van der Waals surface area contributed by atoms with Crippen molar-refractivity contribution in [2.45, 2.75) is 45.3 Å². The van der Waals surface area contributed by atoms with E-state index in [1.807, 2.05) is 4.90 Å². The number of alkyl halides is 3. The summed E-state index contributed by atoms with van der Waals surface area (Å²) in [5.41, 5.74) is 2.68. The first kappa shape index (κ1) is 28.6. The molecule has 1 aliphatic rings. The van der Waals surface area contributed by atoms with E-state index in [1.165, 1.54) is 12.1 Å². The molecule has 2 aromatic rings. The fourth-order valence-corrected chi connectivity index (χ4v) is 4.81. The van der Waals surface area contributed by atoms with Crippen LogP contribution in [0.25, 0.3) is 0 Å². The second-order valence-electron chi connectivity index (χ2n) is 8.84. The lowest BCUT2D eigenvalue weighted by Crippen LogP contribution is -2.41. The van der Waals surface area contributed by atoms with Gasteiger partial charge in [0.15, 0.2) is 0 Å². The average Bonchev–Trinajstić information content (AvgIpc) is 2.81. The predicted molar refractivity (Wildman–Crippen MR) is 131 cm³/mol. The molecule has 1 amide bonds. The van der Waals surface area contributed by atoms with Crippen LogP contribution in [0.1, 0.15) is 35.1 Å². The van der Waals surface area contributed by atoms with Crippen molar-refractivity contribution >= 4 is 33.7 Å². The van der Waals surface area contributed by atoms with Gasteiger partial charge in [-0.3, -0.25) is 8.98 Å². The summed E-state index contributed by atoms with van der Waals surface area (Å²) in [5.74, 6) is -2.94. The van der Waals surface area contributed by atoms with Gasteiger partial charge in [-0.1, -0.05) is 18.2 Å². The lowest BCUT2D eigenvalue weighted by Gasteiger charge is -2.34. The van der Waals surface area contributed by atoms with Crippen LogP contribution in [0.5, 0.6) is 0 Å². The first-order chi connectivity index (χ1) is 17.3. The maximum Gasteiger partial charge on any atom is 0.471 e. The molecule has 0 saturated carbocycles. The summed E-state index contributed by atoms with van der Waals surface area (Å²) >= 11 is 0. The zero-order valence-electron chi connectivity index (χ0n) is 20.5. The van der Waals surface area contributed by atoms with Crippen LogP contribution in [0.2, 0.25) is 0 Å². The molecular formula is C25H28F4N2O5S. The molecule has 0 radical (unpaired) electrons. The van der Waals surface area contributed by atoms with Gasteiger partial charge in [-0.25, -0.2) is 4.39 Å². The van der Waals surface area contributed by atoms with Crippen LogP contribution >= 0.6 is 0 Å². The van der Waals surface area contributed by atoms with Crippen LogP contribution in [-0.4, -0.2) is 52.7 Å². The van der Waals surface area contributed by atoms with Crippen LogP contribution < -0.4 is 9.80 Å². The third-order valence-corrected chi connectivity index (χ3v) is 6.77. The van der Waals surface area contributed by atoms with Gasteiger partial charge in [0, 0.05) is 30.9 Å². The molecule has 37 heavy (non-hydrogen) atoms. The summed E-state index contributed by atoms with van der Waals surface area (Å²) < 4.78 is 82.6. The number of anilines is 2. The van der Waals surface area contributed by atoms with Gasteiger partial charge in [0.25, 0.3) is 10.1 Å². The number of benzene rings is 2. The third-order valence-electron chi connectivity index (χ3n) is 6.17. The molecule has 3 rings (SSSR count). The molecule has 0 bridgehead atoms. The Morgan fingerprint density at radius 3 is 2.51 bits per heavy atom. The van der Waals surface area contributed by atoms with Gasteiger partial charge in [0.1, 0.15) is 12.1 Å². The highest BCUT2D eigenvalue weighted by Crippen LogP contribution is 2.35. The largest absolute Gasteiger partial charge is 0.471 e. The molecule has 0 spiro atoms. The second kappa shape index (κ2) is 11.6. The molecule has 0 unspecified atom stereocenters. The van der Waals surface area contributed by atoms with E-state index in [4.69, 9.17) is 4.18 Å². The molecule has 202 valence electrons. The van der Waals surface area contributed by atoms with Crippen molar-refractivity contribution in [3.63, 3.8) is 0 Å². The van der Waals surface area contributed by atoms with Gasteiger partial charge in [-0.15, -0.1) is 0 Å². The molecule has 0 atom stereocenters. The van der Waals surface area contributed by atoms with Crippen molar-refractivity contribution in [3.8, 4) is 0 Å². The minimum Gasteiger partial charge on any atom is -0.369 e. The van der Waals surface area contributed by atoms with Gasteiger partial charge in [0.2, 0.25) is 0 Å². The Morgan fingerprint density at radius 1 is 1.19 bits per heavy atom. The van der Waals surface area contributed by atoms with Crippen molar-refractivity contribution in [1.29, 1.82) is 0 Å². The van der Waals surface area contributed by atoms with E-state index >= 15 is 0 Å². The summed E-state index contributed by atoms with van der Waals surface area (Å²) in [6.45, 7) is 2.03. The van der Waals surface area contributed by atoms with E-state index in [9.17, 15) is 35.6 Å². The Labute approximate surface area is 213 Å². The molecule has 0 saturated heterocycles. The monoisotopic (exact) mass is 544 g/mol. The molecule has 1 heterocycles. The standard InChI is InChI=1S/C25H28F4N2O5S/c1-17-20(8-7-19-5-3-11-30(23(17)19)12-14-36-37(2,34)35)16-31(24(33)25(27,28)29)21-10-9-18(6-4-13-32)22(26)15-21/h7-10,13,15H,3-6,11-12,14,16H2,1-2H3. The van der Waals surface area contributed by atoms with Crippen LogP contribution in [0.4, 0.5) is 28.9 Å². The second-order valence-corrected chi connectivity index (χ2v) is 10.5. The van der Waals surface area contributed by atoms with E-state index < -0.39 is 34.6 Å². The maximum atomic E-state index is 14.6. The zero-order valence-corrected chi connectivity index (χ0v) is 21.3. The van der Waals surface area contributed by atoms with Crippen molar-refractivity contribution in [2.24, 2.45) is 0 Å². The number of amides is 1. The summed E-state index contributed by atoms with van der Waals surface area (Å²) in [6, 6.07) is 6.80. The predicted octanol–water partition coefficient (Wildman–Crippen LogP) is 4.09. The lowest BCUT2D eigenvalue weighted by atomic mass is 9.94. The average molecular weight is 545 g/mol. The number of aldehydes is 1. The highest BCUT2D eigenvalue weighted by molar-refractivity contribution is 7.85. The van der Waals surface area contributed by atoms with E-state index in [-0.39, 0.29) is 37.2 Å². The van der Waals surface area contributed by atoms with Crippen molar-refractivity contribution in [2.75, 3.05) is 35.8 Å². The highest BCUT2D eigenvalue weighted by atomic mass is 32.2. The summed E-state index contributed by atoms with van der Waals surface area (Å²) in [7, 11) is -3.63. The molecule has 12 heteroatoms. The fourth-order valence-electron chi connectivity index (χ4n) is 4.43. The normalized spacial score (nSPS) is 13.8. The number of carbonyl (C=O) groups is 2. The quantitative estimate of drug-likeness (QED) is 0.255. The maximum absolute atomic E-state index is 14.6. The summed E-state index contributed by atoms with van der Waals surface area (Å²) in [4.78, 5) is 25.4. The molecule has 0 fully saturated rings. The van der Waals surface area contributed by atoms with E-state index in [0.717, 1.165) is 36.4 Å². The third kappa shape index (κ3) is 7.29. The molecule has 1 aliphatic heterocycles. The van der Waals surface area contributed by atoms with Crippen LogP contribution in [0, 0.1) is 12.7 Å². The smallest absolute Gasteiger partial charge is 0.369 e. The number of carbonyl (C=O) groups excluding carboxylic acids is 2. The van der Waals surface area contributed by atoms with Gasteiger partial charge in [-0.05, 0) is 60.6 Å². The Hall–Kier alpha value is -2.99. The van der Waals surface area contributed by atoms with Crippen molar-refractivity contribution in [3.05, 3.63) is 58.4 Å². The van der Waals surface area contributed by atoms with Crippen LogP contribution in [-0.2, 0) is 43.3 Å². The number of halogens is 4. The van der Waals surface area contributed by atoms with Gasteiger partial charge in [-0.2, -0.15) is 21.6 Å². The van der Waals surface area contributed by atoms with Gasteiger partial charge >= 0.3 is 12.1 Å². The van der Waals surface area contributed by atoms with E-state index in [2.05, 4.69) is 0 Å². The molecule has 0 N–H and O–H groups in total. The zero-order chi connectivity index (χ0) is 27.4. The topological polar surface area (TPSA) is 84.0 Å². The summed E-state index contributed by atoms with van der Waals surface area (Å²) in [5, 5.41) is 0. The van der Waals surface area contributed by atoms with Crippen LogP contribution in [0.3, 0.4) is 0 Å². The Bertz CT molecular complexity index is 1260.